The topological polar surface area (TPSA) is 97.3 Å². The fraction of sp³-hybridized carbons (Fsp3) is 0.375. The van der Waals surface area contributed by atoms with Crippen LogP contribution < -0.4 is 0 Å². The maximum absolute atomic E-state index is 12.9. The van der Waals surface area contributed by atoms with E-state index >= 15 is 0 Å². The van der Waals surface area contributed by atoms with E-state index in [-0.39, 0.29) is 12.5 Å². The fourth-order valence-corrected chi connectivity index (χ4v) is 3.18. The lowest BCUT2D eigenvalue weighted by Gasteiger charge is -2.23. The maximum Gasteiger partial charge on any atom is 0.256 e. The summed E-state index contributed by atoms with van der Waals surface area (Å²) in [5.74, 6) is 0.373. The van der Waals surface area contributed by atoms with Crippen LogP contribution in [0, 0.1) is 6.92 Å². The summed E-state index contributed by atoms with van der Waals surface area (Å²) < 4.78 is 7.06. The van der Waals surface area contributed by atoms with Crippen molar-refractivity contribution in [1.82, 2.24) is 24.9 Å². The molecular weight excluding hydrogens is 310 g/mol. The normalized spacial score (nSPS) is 20.8. The molecule has 1 aliphatic rings. The Morgan fingerprint density at radius 2 is 2.33 bits per heavy atom. The van der Waals surface area contributed by atoms with Gasteiger partial charge in [-0.05, 0) is 18.6 Å². The van der Waals surface area contributed by atoms with Gasteiger partial charge in [0.2, 0.25) is 0 Å². The van der Waals surface area contributed by atoms with E-state index in [0.717, 1.165) is 0 Å². The van der Waals surface area contributed by atoms with Crippen molar-refractivity contribution in [2.75, 3.05) is 13.1 Å². The van der Waals surface area contributed by atoms with Gasteiger partial charge in [0.1, 0.15) is 11.1 Å². The van der Waals surface area contributed by atoms with Gasteiger partial charge in [-0.1, -0.05) is 11.3 Å². The van der Waals surface area contributed by atoms with Crippen LogP contribution in [0.2, 0.25) is 0 Å². The molecule has 8 heteroatoms. The van der Waals surface area contributed by atoms with Crippen LogP contribution in [0.3, 0.4) is 0 Å². The zero-order chi connectivity index (χ0) is 16.7. The molecule has 124 valence electrons. The molecule has 4 rings (SSSR count). The van der Waals surface area contributed by atoms with Crippen LogP contribution >= 0.6 is 0 Å². The van der Waals surface area contributed by atoms with Crippen LogP contribution in [-0.2, 0) is 6.54 Å². The quantitative estimate of drug-likeness (QED) is 0.771. The van der Waals surface area contributed by atoms with Gasteiger partial charge in [-0.15, -0.1) is 5.10 Å². The molecule has 3 heterocycles. The molecule has 1 aromatic carbocycles. The molecule has 1 fully saturated rings. The molecule has 0 bridgehead atoms. The Labute approximate surface area is 137 Å². The van der Waals surface area contributed by atoms with Crippen molar-refractivity contribution in [3.05, 3.63) is 42.0 Å². The minimum absolute atomic E-state index is 0.150. The minimum atomic E-state index is -1.00. The number of rotatable bonds is 3. The first-order chi connectivity index (χ1) is 11.5. The Morgan fingerprint density at radius 3 is 3.12 bits per heavy atom. The van der Waals surface area contributed by atoms with Crippen molar-refractivity contribution in [2.45, 2.75) is 25.5 Å². The van der Waals surface area contributed by atoms with Crippen LogP contribution in [0.5, 0.6) is 0 Å². The van der Waals surface area contributed by atoms with Gasteiger partial charge in [-0.2, -0.15) is 0 Å². The van der Waals surface area contributed by atoms with Gasteiger partial charge in [0, 0.05) is 19.7 Å². The smallest absolute Gasteiger partial charge is 0.256 e. The number of carbonyl (C=O) groups excluding carboxylic acids is 1. The lowest BCUT2D eigenvalue weighted by molar-refractivity contribution is 0.0267. The molecular formula is C16H17N5O3. The lowest BCUT2D eigenvalue weighted by Crippen LogP contribution is -2.39. The molecule has 1 N–H and O–H groups in total. The van der Waals surface area contributed by atoms with E-state index in [2.05, 4.69) is 15.3 Å². The van der Waals surface area contributed by atoms with Crippen molar-refractivity contribution in [3.8, 4) is 0 Å². The summed E-state index contributed by atoms with van der Waals surface area (Å²) in [5.41, 5.74) is 0.647. The van der Waals surface area contributed by atoms with Crippen molar-refractivity contribution in [1.29, 1.82) is 0 Å². The van der Waals surface area contributed by atoms with Crippen LogP contribution in [0.25, 0.3) is 11.1 Å². The van der Waals surface area contributed by atoms with Crippen molar-refractivity contribution in [2.24, 2.45) is 0 Å². The van der Waals surface area contributed by atoms with Crippen LogP contribution in [0.15, 0.2) is 35.0 Å². The van der Waals surface area contributed by atoms with E-state index in [9.17, 15) is 9.90 Å². The highest BCUT2D eigenvalue weighted by molar-refractivity contribution is 6.04. The number of carbonyl (C=O) groups is 1. The van der Waals surface area contributed by atoms with Gasteiger partial charge in [0.25, 0.3) is 5.91 Å². The number of likely N-dealkylation sites (tertiary alicyclic amines) is 1. The third-order valence-corrected chi connectivity index (χ3v) is 4.30. The number of nitrogens with zero attached hydrogens (tertiary/aromatic N) is 5. The third-order valence-electron chi connectivity index (χ3n) is 4.30. The molecule has 1 amide bonds. The second-order valence-electron chi connectivity index (χ2n) is 6.19. The molecule has 0 radical (unpaired) electrons. The summed E-state index contributed by atoms with van der Waals surface area (Å²) >= 11 is 0. The highest BCUT2D eigenvalue weighted by Gasteiger charge is 2.39. The summed E-state index contributed by atoms with van der Waals surface area (Å²) in [5, 5.41) is 18.3. The van der Waals surface area contributed by atoms with E-state index in [1.165, 1.54) is 0 Å². The van der Waals surface area contributed by atoms with Crippen LogP contribution in [-0.4, -0.2) is 54.6 Å². The molecule has 1 atom stereocenters. The molecule has 8 nitrogen and oxygen atoms in total. The highest BCUT2D eigenvalue weighted by Crippen LogP contribution is 2.27. The van der Waals surface area contributed by atoms with E-state index in [1.54, 1.807) is 47.1 Å². The fourth-order valence-electron chi connectivity index (χ4n) is 3.18. The Hall–Kier alpha value is -2.74. The summed E-state index contributed by atoms with van der Waals surface area (Å²) in [7, 11) is 0. The predicted octanol–water partition coefficient (Wildman–Crippen LogP) is 1.00. The first-order valence-electron chi connectivity index (χ1n) is 7.76. The molecule has 1 unspecified atom stereocenters. The van der Waals surface area contributed by atoms with Gasteiger partial charge >= 0.3 is 0 Å². The second kappa shape index (κ2) is 5.41. The molecule has 1 aliphatic heterocycles. The number of aromatic nitrogens is 4. The number of hydrogen-bond acceptors (Lipinski definition) is 6. The number of hydrogen-bond donors (Lipinski definition) is 1. The van der Waals surface area contributed by atoms with E-state index in [1.807, 2.05) is 0 Å². The van der Waals surface area contributed by atoms with Crippen LogP contribution in [0.1, 0.15) is 22.7 Å². The Bertz CT molecular complexity index is 888. The third kappa shape index (κ3) is 2.54. The zero-order valence-corrected chi connectivity index (χ0v) is 13.2. The molecule has 0 aliphatic carbocycles. The molecule has 3 aromatic rings. The standard InChI is InChI=1S/C16H17N5O3/c1-11-18-14-12(3-2-4-13(14)24-11)15(22)20-7-5-16(23,9-20)10-21-8-6-17-19-21/h2-4,6,8,23H,5,7,9-10H2,1H3. The second-order valence-corrected chi connectivity index (χ2v) is 6.19. The Morgan fingerprint density at radius 1 is 1.46 bits per heavy atom. The molecule has 0 saturated carbocycles. The summed E-state index contributed by atoms with van der Waals surface area (Å²) in [4.78, 5) is 18.8. The largest absolute Gasteiger partial charge is 0.441 e. The first-order valence-corrected chi connectivity index (χ1v) is 7.76. The number of aryl methyl sites for hydroxylation is 1. The van der Waals surface area contributed by atoms with E-state index < -0.39 is 5.60 Å². The number of para-hydroxylation sites is 1. The predicted molar refractivity (Wildman–Crippen MR) is 84.2 cm³/mol. The summed E-state index contributed by atoms with van der Waals surface area (Å²) in [6, 6.07) is 5.30. The Kier molecular flexibility index (Phi) is 3.34. The Balaban J connectivity index is 1.57. The van der Waals surface area contributed by atoms with E-state index in [0.29, 0.717) is 42.1 Å². The minimum Gasteiger partial charge on any atom is -0.441 e. The molecule has 0 spiro atoms. The average Bonchev–Trinajstić information content (AvgIpc) is 3.26. The van der Waals surface area contributed by atoms with Crippen molar-refractivity contribution >= 4 is 17.0 Å². The summed E-state index contributed by atoms with van der Waals surface area (Å²) in [6.07, 6.45) is 3.75. The SMILES string of the molecule is Cc1nc2c(C(=O)N3CCC(O)(Cn4ccnn4)C3)cccc2o1. The van der Waals surface area contributed by atoms with Gasteiger partial charge in [-0.25, -0.2) is 9.67 Å². The average molecular weight is 327 g/mol. The maximum atomic E-state index is 12.9. The van der Waals surface area contributed by atoms with Gasteiger partial charge in [0.05, 0.1) is 24.8 Å². The number of oxazole rings is 1. The zero-order valence-electron chi connectivity index (χ0n) is 13.2. The molecule has 24 heavy (non-hydrogen) atoms. The van der Waals surface area contributed by atoms with Crippen molar-refractivity contribution in [3.63, 3.8) is 0 Å². The van der Waals surface area contributed by atoms with Gasteiger partial charge < -0.3 is 14.4 Å². The molecule has 1 saturated heterocycles. The highest BCUT2D eigenvalue weighted by atomic mass is 16.3. The first kappa shape index (κ1) is 14.8. The monoisotopic (exact) mass is 327 g/mol. The van der Waals surface area contributed by atoms with E-state index in [4.69, 9.17) is 4.42 Å². The number of benzene rings is 1. The summed E-state index contributed by atoms with van der Waals surface area (Å²) in [6.45, 7) is 2.79. The number of fused-ring (bicyclic) bond motifs is 1. The van der Waals surface area contributed by atoms with Crippen LogP contribution in [0.4, 0.5) is 0 Å². The van der Waals surface area contributed by atoms with Gasteiger partial charge in [0.15, 0.2) is 11.5 Å². The number of aliphatic hydroxyl groups is 1. The van der Waals surface area contributed by atoms with Crippen molar-refractivity contribution < 1.29 is 14.3 Å². The van der Waals surface area contributed by atoms with Gasteiger partial charge in [-0.3, -0.25) is 4.79 Å². The number of amides is 1. The number of β-amino-alcohol motifs (C(OH)–C–C–N with tert-alkyl or cyclic N) is 1. The molecule has 2 aromatic heterocycles. The lowest BCUT2D eigenvalue weighted by atomic mass is 10.0.